The number of hydrogen-bond acceptors (Lipinski definition) is 5. The van der Waals surface area contributed by atoms with E-state index in [4.69, 9.17) is 19.0 Å². The predicted molar refractivity (Wildman–Crippen MR) is 111 cm³/mol. The van der Waals surface area contributed by atoms with Gasteiger partial charge in [-0.1, -0.05) is 17.3 Å². The van der Waals surface area contributed by atoms with Gasteiger partial charge in [-0.2, -0.15) is 0 Å². The van der Waals surface area contributed by atoms with E-state index in [1.807, 2.05) is 38.1 Å². The highest BCUT2D eigenvalue weighted by molar-refractivity contribution is 5.82. The fourth-order valence-electron chi connectivity index (χ4n) is 2.70. The van der Waals surface area contributed by atoms with Gasteiger partial charge < -0.3 is 19.0 Å². The number of allylic oxidation sites excluding steroid dienone is 1. The fraction of sp³-hybridized carbons (Fsp3) is 0.591. The van der Waals surface area contributed by atoms with Gasteiger partial charge in [0.15, 0.2) is 0 Å². The first-order valence-electron chi connectivity index (χ1n) is 9.64. The molecule has 27 heavy (non-hydrogen) atoms. The Morgan fingerprint density at radius 3 is 2.48 bits per heavy atom. The first kappa shape index (κ1) is 23.0. The number of aryl methyl sites for hydroxylation is 2. The van der Waals surface area contributed by atoms with Gasteiger partial charge in [-0.05, 0) is 77.1 Å². The van der Waals surface area contributed by atoms with Gasteiger partial charge in [-0.25, -0.2) is 0 Å². The third kappa shape index (κ3) is 9.48. The molecule has 0 N–H and O–H groups in total. The van der Waals surface area contributed by atoms with Gasteiger partial charge in [0, 0.05) is 0 Å². The maximum absolute atomic E-state index is 6.01. The Labute approximate surface area is 164 Å². The highest BCUT2D eigenvalue weighted by Crippen LogP contribution is 2.28. The molecule has 1 unspecified atom stereocenters. The minimum atomic E-state index is 0.198. The molecule has 0 aromatic heterocycles. The number of benzene rings is 1. The zero-order chi connectivity index (χ0) is 20.1. The molecular weight excluding hydrogens is 342 g/mol. The molecule has 1 atom stereocenters. The monoisotopic (exact) mass is 377 g/mol. The van der Waals surface area contributed by atoms with E-state index in [-0.39, 0.29) is 6.10 Å². The zero-order valence-electron chi connectivity index (χ0n) is 17.7. The molecule has 0 amide bonds. The van der Waals surface area contributed by atoms with Crippen LogP contribution < -0.4 is 9.47 Å². The molecule has 0 heterocycles. The minimum Gasteiger partial charge on any atom is -0.493 e. The molecule has 0 aliphatic rings. The Morgan fingerprint density at radius 1 is 1.15 bits per heavy atom. The van der Waals surface area contributed by atoms with E-state index in [1.165, 1.54) is 0 Å². The Kier molecular flexibility index (Phi) is 11.3. The SMILES string of the molecule is C/C=C/COc1cc(C)c(OCCCCC(C)OC/C(C)=N/OC)c(C)c1. The van der Waals surface area contributed by atoms with Gasteiger partial charge in [0.2, 0.25) is 0 Å². The number of oxime groups is 1. The van der Waals surface area contributed by atoms with Crippen molar-refractivity contribution in [1.82, 2.24) is 0 Å². The lowest BCUT2D eigenvalue weighted by Crippen LogP contribution is -2.14. The number of ether oxygens (including phenoxy) is 3. The lowest BCUT2D eigenvalue weighted by atomic mass is 10.1. The second kappa shape index (κ2) is 13.2. The van der Waals surface area contributed by atoms with Crippen molar-refractivity contribution in [3.05, 3.63) is 35.4 Å². The van der Waals surface area contributed by atoms with Gasteiger partial charge >= 0.3 is 0 Å². The molecule has 1 aromatic carbocycles. The Bertz CT molecular complexity index is 587. The third-order valence-corrected chi connectivity index (χ3v) is 4.09. The molecule has 5 heteroatoms. The summed E-state index contributed by atoms with van der Waals surface area (Å²) in [6, 6.07) is 4.07. The molecule has 1 rings (SSSR count). The van der Waals surface area contributed by atoms with Crippen molar-refractivity contribution in [2.24, 2.45) is 5.16 Å². The maximum Gasteiger partial charge on any atom is 0.125 e. The van der Waals surface area contributed by atoms with Crippen molar-refractivity contribution in [3.8, 4) is 11.5 Å². The van der Waals surface area contributed by atoms with E-state index in [9.17, 15) is 0 Å². The second-order valence-electron chi connectivity index (χ2n) is 6.74. The van der Waals surface area contributed by atoms with Crippen molar-refractivity contribution in [3.63, 3.8) is 0 Å². The summed E-state index contributed by atoms with van der Waals surface area (Å²) in [6.45, 7) is 11.9. The van der Waals surface area contributed by atoms with Crippen LogP contribution in [0.5, 0.6) is 11.5 Å². The topological polar surface area (TPSA) is 49.3 Å². The van der Waals surface area contributed by atoms with E-state index in [0.717, 1.165) is 47.6 Å². The zero-order valence-corrected chi connectivity index (χ0v) is 17.7. The standard InChI is InChI=1S/C22H35NO4/c1-7-8-12-25-21-14-17(2)22(18(3)15-21)26-13-10-9-11-20(5)27-16-19(4)23-24-6/h7-8,14-15,20H,9-13,16H2,1-6H3/b8-7+,23-19+. The van der Waals surface area contributed by atoms with Crippen LogP contribution in [-0.2, 0) is 9.57 Å². The van der Waals surface area contributed by atoms with Crippen molar-refractivity contribution in [1.29, 1.82) is 0 Å². The normalized spacial score (nSPS) is 13.0. The van der Waals surface area contributed by atoms with Gasteiger partial charge in [-0.3, -0.25) is 0 Å². The summed E-state index contributed by atoms with van der Waals surface area (Å²) in [5.41, 5.74) is 3.06. The van der Waals surface area contributed by atoms with Crippen molar-refractivity contribution in [2.45, 2.75) is 60.0 Å². The summed E-state index contributed by atoms with van der Waals surface area (Å²) in [6.07, 6.45) is 7.23. The number of hydrogen-bond donors (Lipinski definition) is 0. The van der Waals surface area contributed by atoms with Crippen LogP contribution in [0.15, 0.2) is 29.4 Å². The molecule has 0 aliphatic carbocycles. The molecular formula is C22H35NO4. The van der Waals surface area contributed by atoms with E-state index in [2.05, 4.69) is 25.9 Å². The van der Waals surface area contributed by atoms with Crippen LogP contribution in [0, 0.1) is 13.8 Å². The van der Waals surface area contributed by atoms with Crippen LogP contribution in [0.4, 0.5) is 0 Å². The molecule has 0 radical (unpaired) electrons. The average Bonchev–Trinajstić information content (AvgIpc) is 2.62. The van der Waals surface area contributed by atoms with Crippen molar-refractivity contribution in [2.75, 3.05) is 26.9 Å². The largest absolute Gasteiger partial charge is 0.493 e. The lowest BCUT2D eigenvalue weighted by molar-refractivity contribution is 0.0835. The van der Waals surface area contributed by atoms with Crippen LogP contribution >= 0.6 is 0 Å². The third-order valence-electron chi connectivity index (χ3n) is 4.09. The predicted octanol–water partition coefficient (Wildman–Crippen LogP) is 5.23. The van der Waals surface area contributed by atoms with E-state index >= 15 is 0 Å². The summed E-state index contributed by atoms with van der Waals surface area (Å²) in [5.74, 6) is 1.85. The summed E-state index contributed by atoms with van der Waals surface area (Å²) < 4.78 is 17.5. The van der Waals surface area contributed by atoms with Crippen LogP contribution in [0.2, 0.25) is 0 Å². The fourth-order valence-corrected chi connectivity index (χ4v) is 2.70. The minimum absolute atomic E-state index is 0.198. The van der Waals surface area contributed by atoms with Gasteiger partial charge in [0.25, 0.3) is 0 Å². The molecule has 1 aromatic rings. The summed E-state index contributed by atoms with van der Waals surface area (Å²) in [7, 11) is 1.54. The first-order valence-corrected chi connectivity index (χ1v) is 9.64. The highest BCUT2D eigenvalue weighted by atomic mass is 16.6. The van der Waals surface area contributed by atoms with Crippen LogP contribution in [-0.4, -0.2) is 38.7 Å². The number of unbranched alkanes of at least 4 members (excludes halogenated alkanes) is 1. The lowest BCUT2D eigenvalue weighted by Gasteiger charge is -2.15. The summed E-state index contributed by atoms with van der Waals surface area (Å²) in [5, 5.41) is 3.84. The molecule has 0 saturated heterocycles. The Hall–Kier alpha value is -2.01. The molecule has 0 saturated carbocycles. The Balaban J connectivity index is 2.32. The molecule has 152 valence electrons. The maximum atomic E-state index is 6.01. The second-order valence-corrected chi connectivity index (χ2v) is 6.74. The van der Waals surface area contributed by atoms with Crippen LogP contribution in [0.25, 0.3) is 0 Å². The average molecular weight is 378 g/mol. The van der Waals surface area contributed by atoms with E-state index < -0.39 is 0 Å². The number of nitrogens with zero attached hydrogens (tertiary/aromatic N) is 1. The van der Waals surface area contributed by atoms with E-state index in [0.29, 0.717) is 19.8 Å². The highest BCUT2D eigenvalue weighted by Gasteiger charge is 2.08. The molecule has 0 bridgehead atoms. The van der Waals surface area contributed by atoms with Crippen LogP contribution in [0.3, 0.4) is 0 Å². The smallest absolute Gasteiger partial charge is 0.125 e. The molecule has 0 aliphatic heterocycles. The first-order chi connectivity index (χ1) is 13.0. The van der Waals surface area contributed by atoms with Crippen LogP contribution in [0.1, 0.15) is 51.2 Å². The Morgan fingerprint density at radius 2 is 1.85 bits per heavy atom. The molecule has 0 spiro atoms. The van der Waals surface area contributed by atoms with Crippen molar-refractivity contribution >= 4 is 5.71 Å². The molecule has 0 fully saturated rings. The quantitative estimate of drug-likeness (QED) is 0.204. The molecule has 5 nitrogen and oxygen atoms in total. The number of rotatable bonds is 13. The summed E-state index contributed by atoms with van der Waals surface area (Å²) in [4.78, 5) is 4.72. The summed E-state index contributed by atoms with van der Waals surface area (Å²) >= 11 is 0. The van der Waals surface area contributed by atoms with Gasteiger partial charge in [0.05, 0.1) is 25.0 Å². The van der Waals surface area contributed by atoms with E-state index in [1.54, 1.807) is 7.11 Å². The van der Waals surface area contributed by atoms with Gasteiger partial charge in [-0.15, -0.1) is 0 Å². The van der Waals surface area contributed by atoms with Gasteiger partial charge in [0.1, 0.15) is 25.2 Å². The van der Waals surface area contributed by atoms with Crippen molar-refractivity contribution < 1.29 is 19.0 Å².